The highest BCUT2D eigenvalue weighted by atomic mass is 16.5. The van der Waals surface area contributed by atoms with Gasteiger partial charge in [0.1, 0.15) is 5.76 Å². The van der Waals surface area contributed by atoms with Crippen molar-refractivity contribution >= 4 is 0 Å². The Labute approximate surface area is 87.2 Å². The van der Waals surface area contributed by atoms with Crippen LogP contribution in [0.5, 0.6) is 0 Å². The van der Waals surface area contributed by atoms with E-state index in [-0.39, 0.29) is 0 Å². The van der Waals surface area contributed by atoms with Gasteiger partial charge in [-0.1, -0.05) is 38.5 Å². The summed E-state index contributed by atoms with van der Waals surface area (Å²) >= 11 is 0. The van der Waals surface area contributed by atoms with E-state index in [1.54, 1.807) is 7.11 Å². The lowest BCUT2D eigenvalue weighted by Gasteiger charge is -2.17. The van der Waals surface area contributed by atoms with E-state index in [1.165, 1.54) is 18.4 Å². The van der Waals surface area contributed by atoms with Crippen LogP contribution in [-0.4, -0.2) is 7.11 Å². The topological polar surface area (TPSA) is 9.23 Å². The molecule has 0 N–H and O–H groups in total. The average molecular weight is 192 g/mol. The molecule has 0 amide bonds. The van der Waals surface area contributed by atoms with Gasteiger partial charge in [0, 0.05) is 5.92 Å². The number of ether oxygens (including phenoxy) is 1. The number of allylic oxidation sites excluding steroid dienone is 2. The van der Waals surface area contributed by atoms with Crippen molar-refractivity contribution in [3.05, 3.63) is 29.2 Å². The summed E-state index contributed by atoms with van der Waals surface area (Å²) in [5.74, 6) is 1.45. The van der Waals surface area contributed by atoms with Crippen molar-refractivity contribution in [1.82, 2.24) is 0 Å². The lowest BCUT2D eigenvalue weighted by Crippen LogP contribution is -2.05. The van der Waals surface area contributed by atoms with E-state index >= 15 is 0 Å². The molecular formula is C13H20O. The summed E-state index contributed by atoms with van der Waals surface area (Å²) in [6.45, 7) is 4.41. The first-order chi connectivity index (χ1) is 6.81. The van der Waals surface area contributed by atoms with Crippen molar-refractivity contribution in [2.75, 3.05) is 7.11 Å². The van der Waals surface area contributed by atoms with Crippen LogP contribution in [0.3, 0.4) is 0 Å². The van der Waals surface area contributed by atoms with Gasteiger partial charge in [-0.05, 0) is 24.5 Å². The molecule has 0 fully saturated rings. The maximum Gasteiger partial charge on any atom is 0.145 e. The fourth-order valence-electron chi connectivity index (χ4n) is 1.83. The molecule has 0 aromatic rings. The molecule has 0 spiro atoms. The second-order valence-corrected chi connectivity index (χ2v) is 3.74. The van der Waals surface area contributed by atoms with E-state index in [9.17, 15) is 0 Å². The third-order valence-corrected chi connectivity index (χ3v) is 2.51. The van der Waals surface area contributed by atoms with Crippen molar-refractivity contribution < 1.29 is 4.74 Å². The third kappa shape index (κ3) is 2.78. The first kappa shape index (κ1) is 11.1. The smallest absolute Gasteiger partial charge is 0.145 e. The lowest BCUT2D eigenvalue weighted by molar-refractivity contribution is 0.252. The van der Waals surface area contributed by atoms with Gasteiger partial charge in [-0.3, -0.25) is 0 Å². The molecule has 0 heterocycles. The monoisotopic (exact) mass is 192 g/mol. The van der Waals surface area contributed by atoms with E-state index in [2.05, 4.69) is 31.7 Å². The molecule has 1 heteroatoms. The highest BCUT2D eigenvalue weighted by molar-refractivity contribution is 5.27. The highest BCUT2D eigenvalue weighted by Crippen LogP contribution is 2.25. The SMILES string of the molecule is CCCC1=CC(CCC)C(OC)=C=C1. The Balaban J connectivity index is 2.76. The summed E-state index contributed by atoms with van der Waals surface area (Å²) in [4.78, 5) is 0. The van der Waals surface area contributed by atoms with Gasteiger partial charge in [-0.25, -0.2) is 0 Å². The zero-order valence-electron chi connectivity index (χ0n) is 9.47. The minimum absolute atomic E-state index is 0.455. The van der Waals surface area contributed by atoms with Crippen molar-refractivity contribution in [1.29, 1.82) is 0 Å². The van der Waals surface area contributed by atoms with Gasteiger partial charge < -0.3 is 4.74 Å². The summed E-state index contributed by atoms with van der Waals surface area (Å²) < 4.78 is 5.31. The minimum atomic E-state index is 0.455. The summed E-state index contributed by atoms with van der Waals surface area (Å²) in [6.07, 6.45) is 9.11. The fraction of sp³-hybridized carbons (Fsp3) is 0.615. The minimum Gasteiger partial charge on any atom is -0.492 e. The molecule has 1 aliphatic rings. The maximum atomic E-state index is 5.31. The first-order valence-electron chi connectivity index (χ1n) is 5.53. The Morgan fingerprint density at radius 1 is 1.36 bits per heavy atom. The van der Waals surface area contributed by atoms with E-state index in [1.807, 2.05) is 0 Å². The van der Waals surface area contributed by atoms with Crippen molar-refractivity contribution in [3.8, 4) is 0 Å². The number of hydrogen-bond donors (Lipinski definition) is 0. The van der Waals surface area contributed by atoms with Crippen LogP contribution in [0.1, 0.15) is 39.5 Å². The van der Waals surface area contributed by atoms with E-state index in [0.29, 0.717) is 5.92 Å². The van der Waals surface area contributed by atoms with E-state index < -0.39 is 0 Å². The van der Waals surface area contributed by atoms with Crippen LogP contribution in [0.4, 0.5) is 0 Å². The van der Waals surface area contributed by atoms with Gasteiger partial charge in [-0.15, -0.1) is 0 Å². The fourth-order valence-corrected chi connectivity index (χ4v) is 1.83. The number of methoxy groups -OCH3 is 1. The number of hydrogen-bond acceptors (Lipinski definition) is 1. The standard InChI is InChI=1S/C13H20O/c1-4-6-11-8-9-13(14-3)12(10-11)7-5-2/h8,10,12H,4-7H2,1-3H3. The summed E-state index contributed by atoms with van der Waals surface area (Å²) in [5.41, 5.74) is 4.65. The van der Waals surface area contributed by atoms with Crippen molar-refractivity contribution in [2.24, 2.45) is 5.92 Å². The molecule has 78 valence electrons. The molecule has 0 saturated heterocycles. The maximum absolute atomic E-state index is 5.31. The lowest BCUT2D eigenvalue weighted by atomic mass is 9.93. The predicted octanol–water partition coefficient (Wildman–Crippen LogP) is 3.83. The van der Waals surface area contributed by atoms with Gasteiger partial charge >= 0.3 is 0 Å². The molecule has 0 aliphatic heterocycles. The molecule has 0 aromatic heterocycles. The predicted molar refractivity (Wildman–Crippen MR) is 60.0 cm³/mol. The quantitative estimate of drug-likeness (QED) is 0.601. The molecule has 1 rings (SSSR count). The third-order valence-electron chi connectivity index (χ3n) is 2.51. The van der Waals surface area contributed by atoms with Crippen LogP contribution < -0.4 is 0 Å². The van der Waals surface area contributed by atoms with Crippen molar-refractivity contribution in [2.45, 2.75) is 39.5 Å². The zero-order chi connectivity index (χ0) is 10.4. The summed E-state index contributed by atoms with van der Waals surface area (Å²) in [7, 11) is 1.73. The molecule has 0 radical (unpaired) electrons. The molecule has 0 aromatic carbocycles. The van der Waals surface area contributed by atoms with Crippen LogP contribution in [0.2, 0.25) is 0 Å². The Morgan fingerprint density at radius 3 is 2.71 bits per heavy atom. The van der Waals surface area contributed by atoms with Gasteiger partial charge in [0.05, 0.1) is 7.11 Å². The van der Waals surface area contributed by atoms with Crippen LogP contribution in [0.25, 0.3) is 0 Å². The Kier molecular flexibility index (Phi) is 4.55. The molecule has 1 nitrogen and oxygen atoms in total. The molecule has 1 atom stereocenters. The molecule has 1 aliphatic carbocycles. The van der Waals surface area contributed by atoms with E-state index in [0.717, 1.165) is 18.6 Å². The highest BCUT2D eigenvalue weighted by Gasteiger charge is 2.14. The van der Waals surface area contributed by atoms with Crippen LogP contribution >= 0.6 is 0 Å². The van der Waals surface area contributed by atoms with Crippen LogP contribution in [-0.2, 0) is 4.74 Å². The van der Waals surface area contributed by atoms with Gasteiger partial charge in [-0.2, -0.15) is 0 Å². The van der Waals surface area contributed by atoms with Crippen molar-refractivity contribution in [3.63, 3.8) is 0 Å². The molecule has 0 bridgehead atoms. The molecule has 14 heavy (non-hydrogen) atoms. The Morgan fingerprint density at radius 2 is 2.14 bits per heavy atom. The molecular weight excluding hydrogens is 172 g/mol. The average Bonchev–Trinajstić information content (AvgIpc) is 2.19. The summed E-state index contributed by atoms with van der Waals surface area (Å²) in [5, 5.41) is 0. The molecule has 1 unspecified atom stereocenters. The normalized spacial score (nSPS) is 20.4. The van der Waals surface area contributed by atoms with Crippen LogP contribution in [0.15, 0.2) is 29.2 Å². The first-order valence-corrected chi connectivity index (χ1v) is 5.53. The van der Waals surface area contributed by atoms with Gasteiger partial charge in [0.15, 0.2) is 0 Å². The van der Waals surface area contributed by atoms with Gasteiger partial charge in [0.2, 0.25) is 0 Å². The molecule has 0 saturated carbocycles. The van der Waals surface area contributed by atoms with E-state index in [4.69, 9.17) is 4.74 Å². The Bertz CT molecular complexity index is 267. The van der Waals surface area contributed by atoms with Gasteiger partial charge in [0.25, 0.3) is 0 Å². The largest absolute Gasteiger partial charge is 0.492 e. The Hall–Kier alpha value is -0.940. The number of rotatable bonds is 5. The summed E-state index contributed by atoms with van der Waals surface area (Å²) in [6, 6.07) is 0. The van der Waals surface area contributed by atoms with Crippen LogP contribution in [0, 0.1) is 5.92 Å². The second kappa shape index (κ2) is 5.72. The second-order valence-electron chi connectivity index (χ2n) is 3.74. The zero-order valence-corrected chi connectivity index (χ0v) is 9.47.